The lowest BCUT2D eigenvalue weighted by molar-refractivity contribution is 0.103. The predicted octanol–water partition coefficient (Wildman–Crippen LogP) is 5.79. The summed E-state index contributed by atoms with van der Waals surface area (Å²) in [6.45, 7) is 0. The third-order valence-electron chi connectivity index (χ3n) is 4.88. The van der Waals surface area contributed by atoms with E-state index in [9.17, 15) is 14.4 Å². The van der Waals surface area contributed by atoms with Crippen LogP contribution in [0.4, 0.5) is 16.2 Å². The number of carbonyl (C=O) groups is 3. The molecule has 0 aromatic heterocycles. The van der Waals surface area contributed by atoms with Crippen molar-refractivity contribution < 1.29 is 14.4 Å². The van der Waals surface area contributed by atoms with Crippen molar-refractivity contribution in [1.29, 1.82) is 0 Å². The van der Waals surface area contributed by atoms with Gasteiger partial charge in [-0.05, 0) is 48.5 Å². The van der Waals surface area contributed by atoms with Crippen LogP contribution in [0.2, 0.25) is 0 Å². The highest BCUT2D eigenvalue weighted by Crippen LogP contribution is 2.16. The largest absolute Gasteiger partial charge is 0.323 e. The van der Waals surface area contributed by atoms with Gasteiger partial charge in [0.25, 0.3) is 0 Å². The molecule has 0 saturated heterocycles. The number of benzene rings is 4. The smallest absolute Gasteiger partial charge is 0.308 e. The monoisotopic (exact) mass is 420 g/mol. The zero-order valence-corrected chi connectivity index (χ0v) is 17.1. The molecule has 0 radical (unpaired) electrons. The van der Waals surface area contributed by atoms with Crippen molar-refractivity contribution in [2.24, 2.45) is 0 Å². The van der Waals surface area contributed by atoms with Gasteiger partial charge in [-0.25, -0.2) is 4.79 Å². The average Bonchev–Trinajstić information content (AvgIpc) is 2.85. The Morgan fingerprint density at radius 2 is 0.719 bits per heavy atom. The molecule has 4 rings (SSSR count). The number of anilines is 2. The third-order valence-corrected chi connectivity index (χ3v) is 4.88. The summed E-state index contributed by atoms with van der Waals surface area (Å²) >= 11 is 0. The fourth-order valence-corrected chi connectivity index (χ4v) is 3.22. The quantitative estimate of drug-likeness (QED) is 0.388. The number of rotatable bonds is 6. The van der Waals surface area contributed by atoms with E-state index in [2.05, 4.69) is 10.6 Å². The average molecular weight is 420 g/mol. The van der Waals surface area contributed by atoms with Gasteiger partial charge in [-0.1, -0.05) is 60.7 Å². The molecule has 0 aliphatic carbocycles. The van der Waals surface area contributed by atoms with E-state index >= 15 is 0 Å². The van der Waals surface area contributed by atoms with Gasteiger partial charge >= 0.3 is 6.03 Å². The molecule has 0 aliphatic heterocycles. The van der Waals surface area contributed by atoms with E-state index in [1.54, 1.807) is 72.8 Å². The van der Waals surface area contributed by atoms with Crippen molar-refractivity contribution in [3.63, 3.8) is 0 Å². The number of hydrogen-bond donors (Lipinski definition) is 2. The van der Waals surface area contributed by atoms with E-state index in [1.807, 2.05) is 36.4 Å². The molecule has 4 aromatic rings. The number of carbonyl (C=O) groups excluding carboxylic acids is 3. The fraction of sp³-hybridized carbons (Fsp3) is 0. The molecule has 0 atom stereocenters. The van der Waals surface area contributed by atoms with Crippen LogP contribution < -0.4 is 10.6 Å². The first-order valence-electron chi connectivity index (χ1n) is 10.1. The Balaban J connectivity index is 1.35. The van der Waals surface area contributed by atoms with Gasteiger partial charge in [-0.2, -0.15) is 0 Å². The Hall–Kier alpha value is -4.51. The second kappa shape index (κ2) is 9.53. The molecule has 5 heteroatoms. The van der Waals surface area contributed by atoms with Gasteiger partial charge < -0.3 is 10.6 Å². The van der Waals surface area contributed by atoms with Gasteiger partial charge in [-0.3, -0.25) is 9.59 Å². The first kappa shape index (κ1) is 20.8. The van der Waals surface area contributed by atoms with Crippen LogP contribution in [0.5, 0.6) is 0 Å². The molecule has 2 amide bonds. The summed E-state index contributed by atoms with van der Waals surface area (Å²) in [5.41, 5.74) is 3.42. The van der Waals surface area contributed by atoms with E-state index in [4.69, 9.17) is 0 Å². The SMILES string of the molecule is O=C(Nc1ccc(C(=O)c2ccccc2)cc1)Nc1ccc(C(=O)c2ccccc2)cc1. The molecule has 2 N–H and O–H groups in total. The lowest BCUT2D eigenvalue weighted by atomic mass is 10.0. The summed E-state index contributed by atoms with van der Waals surface area (Å²) in [7, 11) is 0. The van der Waals surface area contributed by atoms with Gasteiger partial charge in [0, 0.05) is 33.6 Å². The predicted molar refractivity (Wildman–Crippen MR) is 125 cm³/mol. The van der Waals surface area contributed by atoms with Crippen molar-refractivity contribution in [2.45, 2.75) is 0 Å². The van der Waals surface area contributed by atoms with E-state index < -0.39 is 6.03 Å². The standard InChI is InChI=1S/C27H20N2O3/c30-25(19-7-3-1-4-8-19)21-11-15-23(16-12-21)28-27(32)29-24-17-13-22(14-18-24)26(31)20-9-5-2-6-10-20/h1-18H,(H2,28,29,32). The highest BCUT2D eigenvalue weighted by molar-refractivity contribution is 6.10. The Morgan fingerprint density at radius 3 is 1.06 bits per heavy atom. The maximum absolute atomic E-state index is 12.5. The minimum absolute atomic E-state index is 0.0771. The summed E-state index contributed by atoms with van der Waals surface area (Å²) in [4.78, 5) is 37.2. The molecule has 0 spiro atoms. The molecule has 4 aromatic carbocycles. The van der Waals surface area contributed by atoms with Crippen LogP contribution in [0.15, 0.2) is 109 Å². The Labute approximate surface area is 185 Å². The van der Waals surface area contributed by atoms with Crippen LogP contribution in [0.25, 0.3) is 0 Å². The second-order valence-electron chi connectivity index (χ2n) is 7.12. The molecule has 0 aliphatic rings. The number of urea groups is 1. The summed E-state index contributed by atoms with van der Waals surface area (Å²) in [5.74, 6) is -0.154. The highest BCUT2D eigenvalue weighted by Gasteiger charge is 2.10. The molecular formula is C27H20N2O3. The molecule has 0 unspecified atom stereocenters. The number of ketones is 2. The number of hydrogen-bond acceptors (Lipinski definition) is 3. The van der Waals surface area contributed by atoms with E-state index in [0.29, 0.717) is 33.6 Å². The zero-order valence-electron chi connectivity index (χ0n) is 17.1. The van der Waals surface area contributed by atoms with E-state index in [1.165, 1.54) is 0 Å². The first-order valence-corrected chi connectivity index (χ1v) is 10.1. The molecule has 0 saturated carbocycles. The summed E-state index contributed by atoms with van der Waals surface area (Å²) in [6, 6.07) is 31.0. The maximum Gasteiger partial charge on any atom is 0.323 e. The van der Waals surface area contributed by atoms with Crippen LogP contribution >= 0.6 is 0 Å². The van der Waals surface area contributed by atoms with E-state index in [0.717, 1.165) is 0 Å². The molecular weight excluding hydrogens is 400 g/mol. The molecule has 5 nitrogen and oxygen atoms in total. The lowest BCUT2D eigenvalue weighted by Crippen LogP contribution is -2.19. The molecule has 156 valence electrons. The summed E-state index contributed by atoms with van der Waals surface area (Å²) in [5, 5.41) is 5.46. The fourth-order valence-electron chi connectivity index (χ4n) is 3.22. The van der Waals surface area contributed by atoms with Crippen LogP contribution in [-0.2, 0) is 0 Å². The van der Waals surface area contributed by atoms with Crippen LogP contribution in [0, 0.1) is 0 Å². The normalized spacial score (nSPS) is 10.2. The number of amides is 2. The van der Waals surface area contributed by atoms with Crippen molar-refractivity contribution in [2.75, 3.05) is 10.6 Å². The Bertz CT molecular complexity index is 1130. The molecule has 0 bridgehead atoms. The van der Waals surface area contributed by atoms with Crippen LogP contribution in [0.1, 0.15) is 31.8 Å². The van der Waals surface area contributed by atoms with Crippen molar-refractivity contribution in [3.8, 4) is 0 Å². The lowest BCUT2D eigenvalue weighted by Gasteiger charge is -2.09. The van der Waals surface area contributed by atoms with Gasteiger partial charge in [0.2, 0.25) is 0 Å². The van der Waals surface area contributed by atoms with Gasteiger partial charge in [0.05, 0.1) is 0 Å². The topological polar surface area (TPSA) is 75.3 Å². The minimum atomic E-state index is -0.422. The minimum Gasteiger partial charge on any atom is -0.308 e. The van der Waals surface area contributed by atoms with Crippen LogP contribution in [-0.4, -0.2) is 17.6 Å². The molecule has 0 heterocycles. The zero-order chi connectivity index (χ0) is 22.3. The first-order chi connectivity index (χ1) is 15.6. The van der Waals surface area contributed by atoms with Crippen molar-refractivity contribution in [1.82, 2.24) is 0 Å². The highest BCUT2D eigenvalue weighted by atomic mass is 16.2. The van der Waals surface area contributed by atoms with Crippen LogP contribution in [0.3, 0.4) is 0 Å². The third kappa shape index (κ3) is 4.96. The Morgan fingerprint density at radius 1 is 0.406 bits per heavy atom. The summed E-state index contributed by atoms with van der Waals surface area (Å²) < 4.78 is 0. The second-order valence-corrected chi connectivity index (χ2v) is 7.12. The van der Waals surface area contributed by atoms with Gasteiger partial charge in [0.1, 0.15) is 0 Å². The molecule has 0 fully saturated rings. The van der Waals surface area contributed by atoms with Crippen molar-refractivity contribution in [3.05, 3.63) is 131 Å². The summed E-state index contributed by atoms with van der Waals surface area (Å²) in [6.07, 6.45) is 0. The van der Waals surface area contributed by atoms with Gasteiger partial charge in [-0.15, -0.1) is 0 Å². The van der Waals surface area contributed by atoms with Gasteiger partial charge in [0.15, 0.2) is 11.6 Å². The molecule has 32 heavy (non-hydrogen) atoms. The van der Waals surface area contributed by atoms with E-state index in [-0.39, 0.29) is 11.6 Å². The van der Waals surface area contributed by atoms with Crippen molar-refractivity contribution >= 4 is 29.0 Å². The Kier molecular flexibility index (Phi) is 6.18. The maximum atomic E-state index is 12.5. The number of nitrogens with one attached hydrogen (secondary N) is 2.